The van der Waals surface area contributed by atoms with Gasteiger partial charge in [0.2, 0.25) is 0 Å². The molecule has 0 fully saturated rings. The third-order valence-electron chi connectivity index (χ3n) is 2.38. The van der Waals surface area contributed by atoms with Gasteiger partial charge in [-0.25, -0.2) is 0 Å². The van der Waals surface area contributed by atoms with E-state index in [1.165, 1.54) is 12.1 Å². The van der Waals surface area contributed by atoms with E-state index >= 15 is 0 Å². The zero-order chi connectivity index (χ0) is 14.4. The number of benzene rings is 1. The lowest BCUT2D eigenvalue weighted by Crippen LogP contribution is -2.09. The zero-order valence-corrected chi connectivity index (χ0v) is 10.3. The SMILES string of the molecule is CCOC(=O)Cc1cc(C#N)c([N+](=O)[O-])c(CO)c1. The van der Waals surface area contributed by atoms with Gasteiger partial charge in [-0.05, 0) is 24.6 Å². The van der Waals surface area contributed by atoms with Crippen LogP contribution in [0.25, 0.3) is 0 Å². The van der Waals surface area contributed by atoms with E-state index in [0.717, 1.165) is 0 Å². The average Bonchev–Trinajstić information content (AvgIpc) is 2.37. The molecule has 0 saturated carbocycles. The van der Waals surface area contributed by atoms with Gasteiger partial charge in [0.1, 0.15) is 11.6 Å². The number of aliphatic hydroxyl groups is 1. The Morgan fingerprint density at radius 1 is 1.58 bits per heavy atom. The van der Waals surface area contributed by atoms with Crippen molar-refractivity contribution in [1.29, 1.82) is 5.26 Å². The van der Waals surface area contributed by atoms with Crippen LogP contribution in [0.3, 0.4) is 0 Å². The Morgan fingerprint density at radius 3 is 2.74 bits per heavy atom. The third-order valence-corrected chi connectivity index (χ3v) is 2.38. The van der Waals surface area contributed by atoms with Crippen LogP contribution in [0.2, 0.25) is 0 Å². The Hall–Kier alpha value is -2.46. The van der Waals surface area contributed by atoms with Gasteiger partial charge in [0.05, 0.1) is 30.1 Å². The van der Waals surface area contributed by atoms with E-state index in [1.807, 2.05) is 0 Å². The molecule has 1 aromatic rings. The maximum Gasteiger partial charge on any atom is 0.310 e. The molecule has 0 unspecified atom stereocenters. The topological polar surface area (TPSA) is 113 Å². The molecule has 0 bridgehead atoms. The molecule has 1 aromatic carbocycles. The molecule has 0 aromatic heterocycles. The molecule has 0 aliphatic rings. The van der Waals surface area contributed by atoms with Crippen molar-refractivity contribution in [3.63, 3.8) is 0 Å². The molecule has 7 nitrogen and oxygen atoms in total. The first kappa shape index (κ1) is 14.6. The first-order valence-corrected chi connectivity index (χ1v) is 5.50. The number of hydrogen-bond donors (Lipinski definition) is 1. The number of nitro benzene ring substituents is 1. The van der Waals surface area contributed by atoms with Gasteiger partial charge >= 0.3 is 5.97 Å². The summed E-state index contributed by atoms with van der Waals surface area (Å²) in [5.41, 5.74) is -0.221. The number of aliphatic hydroxyl groups excluding tert-OH is 1. The first-order valence-electron chi connectivity index (χ1n) is 5.50. The van der Waals surface area contributed by atoms with Crippen molar-refractivity contribution in [1.82, 2.24) is 0 Å². The second-order valence-electron chi connectivity index (χ2n) is 3.66. The van der Waals surface area contributed by atoms with Crippen molar-refractivity contribution in [3.05, 3.63) is 38.9 Å². The maximum absolute atomic E-state index is 11.3. The molecule has 0 heterocycles. The van der Waals surface area contributed by atoms with E-state index in [-0.39, 0.29) is 24.2 Å². The highest BCUT2D eigenvalue weighted by Crippen LogP contribution is 2.25. The van der Waals surface area contributed by atoms with Crippen LogP contribution in [0.4, 0.5) is 5.69 Å². The summed E-state index contributed by atoms with van der Waals surface area (Å²) in [4.78, 5) is 21.5. The van der Waals surface area contributed by atoms with E-state index in [9.17, 15) is 14.9 Å². The Balaban J connectivity index is 3.21. The summed E-state index contributed by atoms with van der Waals surface area (Å²) in [5, 5.41) is 28.9. The Morgan fingerprint density at radius 2 is 2.26 bits per heavy atom. The van der Waals surface area contributed by atoms with E-state index in [4.69, 9.17) is 15.1 Å². The van der Waals surface area contributed by atoms with Crippen LogP contribution in [0.5, 0.6) is 0 Å². The highest BCUT2D eigenvalue weighted by atomic mass is 16.6. The highest BCUT2D eigenvalue weighted by Gasteiger charge is 2.21. The summed E-state index contributed by atoms with van der Waals surface area (Å²) in [6.45, 7) is 1.30. The van der Waals surface area contributed by atoms with Crippen LogP contribution >= 0.6 is 0 Å². The number of rotatable bonds is 5. The summed E-state index contributed by atoms with van der Waals surface area (Å²) in [7, 11) is 0. The minimum absolute atomic E-state index is 0.00310. The number of carbonyl (C=O) groups excluding carboxylic acids is 1. The van der Waals surface area contributed by atoms with Gasteiger partial charge in [0, 0.05) is 0 Å². The predicted molar refractivity (Wildman–Crippen MR) is 64.1 cm³/mol. The number of nitriles is 1. The quantitative estimate of drug-likeness (QED) is 0.483. The molecule has 0 spiro atoms. The molecule has 0 aliphatic carbocycles. The minimum Gasteiger partial charge on any atom is -0.466 e. The summed E-state index contributed by atoms with van der Waals surface area (Å²) in [5.74, 6) is -0.496. The average molecular weight is 264 g/mol. The number of esters is 1. The fraction of sp³-hybridized carbons (Fsp3) is 0.333. The van der Waals surface area contributed by atoms with E-state index < -0.39 is 23.2 Å². The van der Waals surface area contributed by atoms with Gasteiger partial charge in [-0.1, -0.05) is 0 Å². The van der Waals surface area contributed by atoms with Crippen molar-refractivity contribution < 1.29 is 19.6 Å². The Labute approximate surface area is 109 Å². The maximum atomic E-state index is 11.3. The molecule has 0 radical (unpaired) electrons. The summed E-state index contributed by atoms with van der Waals surface area (Å²) in [6.07, 6.45) is -0.104. The fourth-order valence-corrected chi connectivity index (χ4v) is 1.66. The Bertz CT molecular complexity index is 548. The molecule has 1 rings (SSSR count). The number of nitrogens with zero attached hydrogens (tertiary/aromatic N) is 2. The predicted octanol–water partition coefficient (Wildman–Crippen LogP) is 1.06. The standard InChI is InChI=1S/C12H12N2O5/c1-2-19-11(16)5-8-3-9(6-13)12(14(17)18)10(4-8)7-15/h3-4,15H,2,5,7H2,1H3. The summed E-state index contributed by atoms with van der Waals surface area (Å²) in [6, 6.07) is 4.28. The van der Waals surface area contributed by atoms with Gasteiger partial charge in [-0.2, -0.15) is 5.26 Å². The second kappa shape index (κ2) is 6.47. The van der Waals surface area contributed by atoms with Crippen molar-refractivity contribution >= 4 is 11.7 Å². The molecule has 0 amide bonds. The third kappa shape index (κ3) is 3.50. The van der Waals surface area contributed by atoms with Crippen molar-refractivity contribution in [2.75, 3.05) is 6.61 Å². The minimum atomic E-state index is -0.724. The van der Waals surface area contributed by atoms with Crippen LogP contribution in [0.1, 0.15) is 23.6 Å². The van der Waals surface area contributed by atoms with Crippen LogP contribution in [-0.2, 0) is 22.6 Å². The smallest absolute Gasteiger partial charge is 0.310 e. The highest BCUT2D eigenvalue weighted by molar-refractivity contribution is 5.73. The number of ether oxygens (including phenoxy) is 1. The number of nitro groups is 1. The largest absolute Gasteiger partial charge is 0.466 e. The molecule has 1 N–H and O–H groups in total. The first-order chi connectivity index (χ1) is 9.03. The fourth-order valence-electron chi connectivity index (χ4n) is 1.66. The molecule has 19 heavy (non-hydrogen) atoms. The van der Waals surface area contributed by atoms with Crippen LogP contribution in [0, 0.1) is 21.4 Å². The lowest BCUT2D eigenvalue weighted by molar-refractivity contribution is -0.386. The lowest BCUT2D eigenvalue weighted by Gasteiger charge is -2.06. The molecule has 7 heteroatoms. The monoisotopic (exact) mass is 264 g/mol. The van der Waals surface area contributed by atoms with Gasteiger partial charge in [0.15, 0.2) is 0 Å². The van der Waals surface area contributed by atoms with E-state index in [1.54, 1.807) is 13.0 Å². The molecule has 0 saturated heterocycles. The van der Waals surface area contributed by atoms with Gasteiger partial charge in [-0.15, -0.1) is 0 Å². The number of hydrogen-bond acceptors (Lipinski definition) is 6. The summed E-state index contributed by atoms with van der Waals surface area (Å²) < 4.78 is 4.75. The number of carbonyl (C=O) groups is 1. The molecule has 100 valence electrons. The second-order valence-corrected chi connectivity index (χ2v) is 3.66. The van der Waals surface area contributed by atoms with Crippen molar-refractivity contribution in [2.45, 2.75) is 20.0 Å². The zero-order valence-electron chi connectivity index (χ0n) is 10.3. The van der Waals surface area contributed by atoms with Crippen LogP contribution in [-0.4, -0.2) is 22.6 Å². The van der Waals surface area contributed by atoms with Crippen molar-refractivity contribution in [3.8, 4) is 6.07 Å². The molecule has 0 atom stereocenters. The summed E-state index contributed by atoms with van der Waals surface area (Å²) >= 11 is 0. The van der Waals surface area contributed by atoms with E-state index in [0.29, 0.717) is 5.56 Å². The van der Waals surface area contributed by atoms with Gasteiger partial charge in [-0.3, -0.25) is 14.9 Å². The van der Waals surface area contributed by atoms with Crippen LogP contribution in [0.15, 0.2) is 12.1 Å². The van der Waals surface area contributed by atoms with Crippen LogP contribution < -0.4 is 0 Å². The van der Waals surface area contributed by atoms with E-state index in [2.05, 4.69) is 0 Å². The lowest BCUT2D eigenvalue weighted by atomic mass is 10.0. The molecular weight excluding hydrogens is 252 g/mol. The van der Waals surface area contributed by atoms with Gasteiger partial charge in [0.25, 0.3) is 5.69 Å². The van der Waals surface area contributed by atoms with Crippen molar-refractivity contribution in [2.24, 2.45) is 0 Å². The Kier molecular flexibility index (Phi) is 4.97. The normalized spacial score (nSPS) is 9.74. The van der Waals surface area contributed by atoms with Gasteiger partial charge < -0.3 is 9.84 Å². The molecule has 0 aliphatic heterocycles. The molecular formula is C12H12N2O5.